The van der Waals surface area contributed by atoms with Gasteiger partial charge in [-0.3, -0.25) is 9.78 Å². The number of benzene rings is 3. The van der Waals surface area contributed by atoms with Gasteiger partial charge in [-0.15, -0.1) is 29.1 Å². The number of hydrogen-bond donors (Lipinski definition) is 1. The monoisotopic (exact) mass is 865 g/mol. The third-order valence-electron chi connectivity index (χ3n) is 10.8. The summed E-state index contributed by atoms with van der Waals surface area (Å²) in [6.45, 7) is 23.3. The Morgan fingerprint density at radius 3 is 2.10 bits per heavy atom. The molecule has 51 heavy (non-hydrogen) atoms. The zero-order valence-electron chi connectivity index (χ0n) is 32.7. The van der Waals surface area contributed by atoms with Crippen LogP contribution in [0.2, 0.25) is 0 Å². The van der Waals surface area contributed by atoms with Crippen molar-refractivity contribution in [1.82, 2.24) is 4.98 Å². The van der Waals surface area contributed by atoms with Crippen LogP contribution in [0.5, 0.6) is 0 Å². The minimum absolute atomic E-state index is 0. The van der Waals surface area contributed by atoms with E-state index >= 15 is 0 Å². The number of pyridine rings is 1. The van der Waals surface area contributed by atoms with E-state index in [4.69, 9.17) is 9.40 Å². The molecule has 0 saturated carbocycles. The summed E-state index contributed by atoms with van der Waals surface area (Å²) >= 11 is 0. The van der Waals surface area contributed by atoms with Gasteiger partial charge in [0.1, 0.15) is 11.3 Å². The number of rotatable bonds is 11. The molecule has 2 aromatic heterocycles. The van der Waals surface area contributed by atoms with E-state index in [9.17, 15) is 9.90 Å². The fraction of sp³-hybridized carbons (Fsp3) is 0.435. The molecule has 0 saturated heterocycles. The number of furan rings is 1. The Labute approximate surface area is 320 Å². The van der Waals surface area contributed by atoms with Gasteiger partial charge >= 0.3 is 0 Å². The number of aliphatic hydroxyl groups excluding tert-OH is 1. The summed E-state index contributed by atoms with van der Waals surface area (Å²) in [6.07, 6.45) is 9.54. The van der Waals surface area contributed by atoms with Crippen LogP contribution in [-0.2, 0) is 36.7 Å². The van der Waals surface area contributed by atoms with E-state index in [2.05, 4.69) is 101 Å². The number of aliphatic hydroxyl groups is 1. The fourth-order valence-corrected chi connectivity index (χ4v) is 6.36. The first-order chi connectivity index (χ1) is 23.6. The van der Waals surface area contributed by atoms with Gasteiger partial charge < -0.3 is 9.52 Å². The summed E-state index contributed by atoms with van der Waals surface area (Å²) in [5.74, 6) is 0.867. The van der Waals surface area contributed by atoms with Crippen LogP contribution in [0.15, 0.2) is 89.4 Å². The van der Waals surface area contributed by atoms with Crippen molar-refractivity contribution in [1.29, 1.82) is 0 Å². The average Bonchev–Trinajstić information content (AvgIpc) is 3.55. The molecule has 5 heteroatoms. The molecule has 0 fully saturated rings. The van der Waals surface area contributed by atoms with Crippen LogP contribution in [0.25, 0.3) is 44.1 Å². The molecular formula is C46H58IrNO3-. The summed E-state index contributed by atoms with van der Waals surface area (Å²) in [6, 6.07) is 25.0. The quantitative estimate of drug-likeness (QED) is 0.0816. The van der Waals surface area contributed by atoms with Crippen molar-refractivity contribution in [3.8, 4) is 22.4 Å². The molecule has 0 atom stereocenters. The minimum Gasteiger partial charge on any atom is -0.512 e. The van der Waals surface area contributed by atoms with E-state index in [0.29, 0.717) is 5.92 Å². The maximum absolute atomic E-state index is 12.2. The number of hydrogen-bond acceptors (Lipinski definition) is 4. The van der Waals surface area contributed by atoms with Crippen molar-refractivity contribution < 1.29 is 34.4 Å². The number of carbonyl (C=O) groups excluding carboxylic acids is 1. The number of allylic oxidation sites excluding steroid dienone is 2. The van der Waals surface area contributed by atoms with Gasteiger partial charge in [0, 0.05) is 59.9 Å². The molecule has 0 aliphatic rings. The normalized spacial score (nSPS) is 12.5. The molecule has 0 unspecified atom stereocenters. The summed E-state index contributed by atoms with van der Waals surface area (Å²) in [7, 11) is 0. The molecule has 5 aromatic rings. The number of carbonyl (C=O) groups is 1. The Hall–Kier alpha value is -3.53. The third-order valence-corrected chi connectivity index (χ3v) is 10.8. The number of fused-ring (bicyclic) bond motifs is 2. The van der Waals surface area contributed by atoms with E-state index < -0.39 is 0 Å². The minimum atomic E-state index is -0.337. The Morgan fingerprint density at radius 1 is 0.863 bits per heavy atom. The molecule has 275 valence electrons. The first-order valence-corrected chi connectivity index (χ1v) is 18.5. The Morgan fingerprint density at radius 2 is 1.49 bits per heavy atom. The number of nitrogens with zero attached hydrogens (tertiary/aromatic N) is 1. The van der Waals surface area contributed by atoms with Crippen molar-refractivity contribution in [2.75, 3.05) is 0 Å². The smallest absolute Gasteiger partial charge is 0.164 e. The Balaban J connectivity index is 0.000000335. The molecule has 0 spiro atoms. The maximum Gasteiger partial charge on any atom is 0.164 e. The predicted molar refractivity (Wildman–Crippen MR) is 212 cm³/mol. The predicted octanol–water partition coefficient (Wildman–Crippen LogP) is 13.3. The molecule has 0 amide bonds. The second kappa shape index (κ2) is 17.3. The van der Waals surface area contributed by atoms with Crippen LogP contribution < -0.4 is 0 Å². The van der Waals surface area contributed by atoms with Crippen LogP contribution in [-0.4, -0.2) is 15.9 Å². The molecule has 2 heterocycles. The van der Waals surface area contributed by atoms with E-state index in [0.717, 1.165) is 70.8 Å². The van der Waals surface area contributed by atoms with Crippen molar-refractivity contribution in [3.63, 3.8) is 0 Å². The van der Waals surface area contributed by atoms with Gasteiger partial charge in [0.2, 0.25) is 0 Å². The Kier molecular flexibility index (Phi) is 14.2. The topological polar surface area (TPSA) is 63.3 Å². The Bertz CT molecular complexity index is 1950. The van der Waals surface area contributed by atoms with Crippen molar-refractivity contribution in [2.45, 2.75) is 114 Å². The molecule has 4 nitrogen and oxygen atoms in total. The summed E-state index contributed by atoms with van der Waals surface area (Å²) < 4.78 is 6.07. The van der Waals surface area contributed by atoms with Crippen LogP contribution in [0.4, 0.5) is 0 Å². The maximum atomic E-state index is 12.2. The van der Waals surface area contributed by atoms with Gasteiger partial charge in [-0.2, -0.15) is 0 Å². The first kappa shape index (κ1) is 41.9. The number of para-hydroxylation sites is 1. The van der Waals surface area contributed by atoms with Gasteiger partial charge in [0.15, 0.2) is 5.78 Å². The van der Waals surface area contributed by atoms with Crippen LogP contribution in [0.3, 0.4) is 0 Å². The SMILES string of the molecule is CC(C)Cc1cccc2c(-c3ccnc(-c4[c-]c5ccccc5c(C(C)(C)C)c4)c3)coc12.CCC(C)(CC)C(=O)/C=C(\O)C(C)(CC)CC.[Ir]. The second-order valence-corrected chi connectivity index (χ2v) is 15.8. The molecule has 5 rings (SSSR count). The van der Waals surface area contributed by atoms with Gasteiger partial charge in [0.05, 0.1) is 6.26 Å². The van der Waals surface area contributed by atoms with E-state index in [1.807, 2.05) is 54.0 Å². The molecular weight excluding hydrogens is 807 g/mol. The number of ketones is 1. The molecule has 1 radical (unpaired) electrons. The standard InChI is InChI=1S/C31H30NO.C15H28O2.Ir/c1-20(2)15-23-10-8-12-26-27(19-33-30(23)26)22-13-14-32-29(18-22)24-16-21-9-6-7-11-25(21)28(17-24)31(3,4)5;1-7-14(5,8-2)12(16)11-13(17)15(6,9-3)10-4;/h6-14,17-20H,15H2,1-5H3;11,16H,7-10H2,1-6H3;/q-1;;/b;12-11-;. The zero-order valence-corrected chi connectivity index (χ0v) is 35.1. The van der Waals surface area contributed by atoms with E-state index in [1.54, 1.807) is 0 Å². The molecule has 0 aliphatic carbocycles. The molecule has 0 bridgehead atoms. The molecule has 0 aliphatic heterocycles. The van der Waals surface area contributed by atoms with Gasteiger partial charge in [0.25, 0.3) is 0 Å². The summed E-state index contributed by atoms with van der Waals surface area (Å²) in [5.41, 5.74) is 7.16. The zero-order chi connectivity index (χ0) is 36.9. The summed E-state index contributed by atoms with van der Waals surface area (Å²) in [5, 5.41) is 13.7. The third kappa shape index (κ3) is 9.48. The van der Waals surface area contributed by atoms with Crippen LogP contribution in [0.1, 0.15) is 113 Å². The largest absolute Gasteiger partial charge is 0.512 e. The average molecular weight is 865 g/mol. The fourth-order valence-electron chi connectivity index (χ4n) is 6.36. The van der Waals surface area contributed by atoms with Gasteiger partial charge in [-0.05, 0) is 60.6 Å². The van der Waals surface area contributed by atoms with Crippen LogP contribution in [0, 0.1) is 22.8 Å². The van der Waals surface area contributed by atoms with Crippen molar-refractivity contribution in [3.05, 3.63) is 102 Å². The first-order valence-electron chi connectivity index (χ1n) is 18.5. The van der Waals surface area contributed by atoms with Crippen molar-refractivity contribution >= 4 is 27.5 Å². The summed E-state index contributed by atoms with van der Waals surface area (Å²) in [4.78, 5) is 16.9. The van der Waals surface area contributed by atoms with E-state index in [-0.39, 0.29) is 47.9 Å². The van der Waals surface area contributed by atoms with Crippen LogP contribution >= 0.6 is 0 Å². The molecule has 1 N–H and O–H groups in total. The van der Waals surface area contributed by atoms with Gasteiger partial charge in [-0.1, -0.05) is 130 Å². The number of aromatic nitrogens is 1. The van der Waals surface area contributed by atoms with Gasteiger partial charge in [-0.25, -0.2) is 0 Å². The molecule has 3 aromatic carbocycles. The van der Waals surface area contributed by atoms with E-state index in [1.165, 1.54) is 22.6 Å². The van der Waals surface area contributed by atoms with Crippen molar-refractivity contribution in [2.24, 2.45) is 16.7 Å². The second-order valence-electron chi connectivity index (χ2n) is 15.8.